The van der Waals surface area contributed by atoms with Crippen molar-refractivity contribution in [2.75, 3.05) is 12.0 Å². The van der Waals surface area contributed by atoms with E-state index in [1.165, 1.54) is 19.1 Å². The Labute approximate surface area is 218 Å². The predicted octanol–water partition coefficient (Wildman–Crippen LogP) is 6.31. The maximum absolute atomic E-state index is 12.6. The second kappa shape index (κ2) is 10.2. The van der Waals surface area contributed by atoms with E-state index < -0.39 is 0 Å². The fraction of sp³-hybridized carbons (Fsp3) is 0.467. The Hall–Kier alpha value is -3.32. The van der Waals surface area contributed by atoms with E-state index in [0.29, 0.717) is 12.6 Å². The van der Waals surface area contributed by atoms with Gasteiger partial charge in [-0.2, -0.15) is 5.10 Å². The first-order valence-corrected chi connectivity index (χ1v) is 13.5. The SMILES string of the molecule is COC(=O)N1c2ccc(-c3cnn(C4CC(OCc5ccccc5)C4)c3)c(OC3CCC3)c2CCC1C. The van der Waals surface area contributed by atoms with E-state index >= 15 is 0 Å². The van der Waals surface area contributed by atoms with Crippen molar-refractivity contribution >= 4 is 11.8 Å². The topological polar surface area (TPSA) is 65.8 Å². The number of hydrogen-bond acceptors (Lipinski definition) is 5. The second-order valence-electron chi connectivity index (χ2n) is 10.6. The van der Waals surface area contributed by atoms with Gasteiger partial charge in [-0.25, -0.2) is 4.79 Å². The number of benzene rings is 2. The molecule has 1 aromatic heterocycles. The Morgan fingerprint density at radius 2 is 1.86 bits per heavy atom. The van der Waals surface area contributed by atoms with Gasteiger partial charge in [0.05, 0.1) is 43.9 Å². The molecule has 1 amide bonds. The summed E-state index contributed by atoms with van der Waals surface area (Å²) in [6.07, 6.45) is 11.3. The smallest absolute Gasteiger partial charge is 0.414 e. The highest BCUT2D eigenvalue weighted by atomic mass is 16.5. The Kier molecular flexibility index (Phi) is 6.63. The number of hydrogen-bond donors (Lipinski definition) is 0. The van der Waals surface area contributed by atoms with Gasteiger partial charge in [-0.3, -0.25) is 9.58 Å². The van der Waals surface area contributed by atoms with Crippen LogP contribution in [0.4, 0.5) is 10.5 Å². The molecular weight excluding hydrogens is 466 g/mol. The van der Waals surface area contributed by atoms with Crippen LogP contribution in [0, 0.1) is 0 Å². The maximum Gasteiger partial charge on any atom is 0.414 e. The molecule has 2 heterocycles. The van der Waals surface area contributed by atoms with E-state index in [2.05, 4.69) is 36.0 Å². The van der Waals surface area contributed by atoms with Crippen molar-refractivity contribution in [1.82, 2.24) is 9.78 Å². The van der Waals surface area contributed by atoms with Crippen molar-refractivity contribution in [2.24, 2.45) is 0 Å². The number of amides is 1. The first-order chi connectivity index (χ1) is 18.1. The molecule has 6 rings (SSSR count). The van der Waals surface area contributed by atoms with E-state index in [-0.39, 0.29) is 24.3 Å². The van der Waals surface area contributed by atoms with Crippen LogP contribution in [-0.4, -0.2) is 41.2 Å². The second-order valence-corrected chi connectivity index (χ2v) is 10.6. The highest BCUT2D eigenvalue weighted by Crippen LogP contribution is 2.45. The summed E-state index contributed by atoms with van der Waals surface area (Å²) in [5.74, 6) is 0.903. The minimum atomic E-state index is -0.322. The van der Waals surface area contributed by atoms with Gasteiger partial charge in [0.2, 0.25) is 0 Å². The molecule has 7 heteroatoms. The number of rotatable bonds is 7. The lowest BCUT2D eigenvalue weighted by atomic mass is 9.89. The minimum absolute atomic E-state index is 0.0841. The molecule has 2 saturated carbocycles. The summed E-state index contributed by atoms with van der Waals surface area (Å²) in [6.45, 7) is 2.72. The molecule has 3 aliphatic rings. The average Bonchev–Trinajstić information content (AvgIpc) is 3.34. The van der Waals surface area contributed by atoms with Crippen molar-refractivity contribution < 1.29 is 19.0 Å². The molecule has 2 fully saturated rings. The van der Waals surface area contributed by atoms with Crippen LogP contribution >= 0.6 is 0 Å². The van der Waals surface area contributed by atoms with Crippen molar-refractivity contribution in [3.05, 3.63) is 66.0 Å². The largest absolute Gasteiger partial charge is 0.489 e. The zero-order valence-corrected chi connectivity index (χ0v) is 21.6. The Morgan fingerprint density at radius 3 is 2.59 bits per heavy atom. The molecule has 1 atom stereocenters. The normalized spacial score (nSPS) is 23.1. The number of anilines is 1. The lowest BCUT2D eigenvalue weighted by molar-refractivity contribution is -0.0383. The number of methoxy groups -OCH3 is 1. The van der Waals surface area contributed by atoms with Crippen LogP contribution in [-0.2, 0) is 22.5 Å². The van der Waals surface area contributed by atoms with Gasteiger partial charge >= 0.3 is 6.09 Å². The van der Waals surface area contributed by atoms with E-state index in [4.69, 9.17) is 19.3 Å². The summed E-state index contributed by atoms with van der Waals surface area (Å²) in [6, 6.07) is 14.9. The maximum atomic E-state index is 12.6. The van der Waals surface area contributed by atoms with Crippen LogP contribution in [0.25, 0.3) is 11.1 Å². The monoisotopic (exact) mass is 501 g/mol. The van der Waals surface area contributed by atoms with Gasteiger partial charge in [-0.1, -0.05) is 30.3 Å². The summed E-state index contributed by atoms with van der Waals surface area (Å²) in [5, 5.41) is 4.72. The summed E-state index contributed by atoms with van der Waals surface area (Å²) in [7, 11) is 1.44. The van der Waals surface area contributed by atoms with Crippen LogP contribution in [0.15, 0.2) is 54.9 Å². The van der Waals surface area contributed by atoms with E-state index in [1.54, 1.807) is 4.90 Å². The molecule has 1 aliphatic heterocycles. The van der Waals surface area contributed by atoms with Crippen LogP contribution in [0.3, 0.4) is 0 Å². The van der Waals surface area contributed by atoms with Gasteiger partial charge in [0, 0.05) is 28.9 Å². The summed E-state index contributed by atoms with van der Waals surface area (Å²) in [5.41, 5.74) is 5.30. The molecule has 194 valence electrons. The lowest BCUT2D eigenvalue weighted by Gasteiger charge is -2.37. The molecular formula is C30H35N3O4. The van der Waals surface area contributed by atoms with Gasteiger partial charge in [-0.05, 0) is 69.6 Å². The standard InChI is InChI=1S/C30H35N3O4/c1-20-11-12-27-28(33(20)30(34)35-2)14-13-26(29(27)37-24-9-6-10-24)22-17-31-32(18-22)23-15-25(16-23)36-19-21-7-4-3-5-8-21/h3-5,7-8,13-14,17-18,20,23-25H,6,9-12,15-16,19H2,1-2H3. The summed E-state index contributed by atoms with van der Waals surface area (Å²) < 4.78 is 19.9. The number of nitrogens with zero attached hydrogens (tertiary/aromatic N) is 3. The molecule has 2 aromatic carbocycles. The third-order valence-corrected chi connectivity index (χ3v) is 8.14. The number of carbonyl (C=O) groups is 1. The van der Waals surface area contributed by atoms with Gasteiger partial charge in [0.15, 0.2) is 0 Å². The zero-order chi connectivity index (χ0) is 25.4. The third kappa shape index (κ3) is 4.73. The molecule has 37 heavy (non-hydrogen) atoms. The minimum Gasteiger partial charge on any atom is -0.489 e. The molecule has 0 saturated heterocycles. The Bertz CT molecular complexity index is 1250. The summed E-state index contributed by atoms with van der Waals surface area (Å²) in [4.78, 5) is 14.4. The third-order valence-electron chi connectivity index (χ3n) is 8.14. The van der Waals surface area contributed by atoms with Crippen molar-refractivity contribution in [3.8, 4) is 16.9 Å². The van der Waals surface area contributed by atoms with Crippen LogP contribution in [0.5, 0.6) is 5.75 Å². The molecule has 1 unspecified atom stereocenters. The highest BCUT2D eigenvalue weighted by molar-refractivity contribution is 5.92. The highest BCUT2D eigenvalue weighted by Gasteiger charge is 2.35. The van der Waals surface area contributed by atoms with Crippen LogP contribution in [0.1, 0.15) is 62.6 Å². The molecule has 0 spiro atoms. The van der Waals surface area contributed by atoms with E-state index in [9.17, 15) is 4.79 Å². The zero-order valence-electron chi connectivity index (χ0n) is 21.6. The fourth-order valence-corrected chi connectivity index (χ4v) is 5.55. The molecule has 2 aliphatic carbocycles. The van der Waals surface area contributed by atoms with E-state index in [1.807, 2.05) is 30.5 Å². The van der Waals surface area contributed by atoms with Gasteiger partial charge < -0.3 is 14.2 Å². The Balaban J connectivity index is 1.21. The van der Waals surface area contributed by atoms with Crippen molar-refractivity contribution in [3.63, 3.8) is 0 Å². The number of fused-ring (bicyclic) bond motifs is 1. The molecule has 3 aromatic rings. The summed E-state index contributed by atoms with van der Waals surface area (Å²) >= 11 is 0. The first kappa shape index (κ1) is 24.0. The lowest BCUT2D eigenvalue weighted by Crippen LogP contribution is -2.42. The van der Waals surface area contributed by atoms with Gasteiger partial charge in [0.25, 0.3) is 0 Å². The number of ether oxygens (including phenoxy) is 3. The van der Waals surface area contributed by atoms with Crippen LogP contribution < -0.4 is 9.64 Å². The molecule has 0 N–H and O–H groups in total. The van der Waals surface area contributed by atoms with Gasteiger partial charge in [-0.15, -0.1) is 0 Å². The first-order valence-electron chi connectivity index (χ1n) is 13.5. The van der Waals surface area contributed by atoms with Gasteiger partial charge in [0.1, 0.15) is 5.75 Å². The van der Waals surface area contributed by atoms with Crippen molar-refractivity contribution in [1.29, 1.82) is 0 Å². The number of aromatic nitrogens is 2. The molecule has 0 bridgehead atoms. The molecule has 7 nitrogen and oxygen atoms in total. The quantitative estimate of drug-likeness (QED) is 0.380. The number of carbonyl (C=O) groups excluding carboxylic acids is 1. The Morgan fingerprint density at radius 1 is 1.05 bits per heavy atom. The average molecular weight is 502 g/mol. The molecule has 0 radical (unpaired) electrons. The van der Waals surface area contributed by atoms with Crippen molar-refractivity contribution in [2.45, 2.75) is 82.8 Å². The van der Waals surface area contributed by atoms with Crippen LogP contribution in [0.2, 0.25) is 0 Å². The predicted molar refractivity (Wildman–Crippen MR) is 142 cm³/mol. The van der Waals surface area contributed by atoms with E-state index in [0.717, 1.165) is 66.7 Å². The fourth-order valence-electron chi connectivity index (χ4n) is 5.55.